The Bertz CT molecular complexity index is 1240. The summed E-state index contributed by atoms with van der Waals surface area (Å²) >= 11 is 0. The highest BCUT2D eigenvalue weighted by Crippen LogP contribution is 2.29. The van der Waals surface area contributed by atoms with Gasteiger partial charge in [0.25, 0.3) is 10.0 Å². The lowest BCUT2D eigenvalue weighted by Gasteiger charge is -2.30. The first-order valence-corrected chi connectivity index (χ1v) is 13.1. The first kappa shape index (κ1) is 26.3. The Hall–Kier alpha value is -3.32. The summed E-state index contributed by atoms with van der Waals surface area (Å²) in [6, 6.07) is 23.3. The van der Waals surface area contributed by atoms with Crippen LogP contribution in [0.2, 0.25) is 0 Å². The van der Waals surface area contributed by atoms with Crippen LogP contribution in [0.4, 0.5) is 5.69 Å². The lowest BCUT2D eigenvalue weighted by atomic mass is 9.79. The number of nitrogens with zero attached hydrogens (tertiary/aromatic N) is 1. The van der Waals surface area contributed by atoms with E-state index in [4.69, 9.17) is 4.74 Å². The molecule has 3 rings (SSSR count). The van der Waals surface area contributed by atoms with Gasteiger partial charge in [-0.25, -0.2) is 8.42 Å². The maximum absolute atomic E-state index is 13.6. The minimum Gasteiger partial charge on any atom is -0.497 e. The van der Waals surface area contributed by atoms with E-state index >= 15 is 0 Å². The van der Waals surface area contributed by atoms with Crippen LogP contribution in [-0.4, -0.2) is 34.0 Å². The Morgan fingerprint density at radius 3 is 2.29 bits per heavy atom. The molecule has 0 fully saturated rings. The summed E-state index contributed by atoms with van der Waals surface area (Å²) in [4.78, 5) is 13.2. The zero-order valence-electron chi connectivity index (χ0n) is 21.0. The van der Waals surface area contributed by atoms with Crippen LogP contribution in [0.3, 0.4) is 0 Å². The van der Waals surface area contributed by atoms with E-state index in [0.717, 1.165) is 9.87 Å². The second-order valence-corrected chi connectivity index (χ2v) is 11.3. The first-order valence-electron chi connectivity index (χ1n) is 11.6. The van der Waals surface area contributed by atoms with Crippen molar-refractivity contribution < 1.29 is 17.9 Å². The van der Waals surface area contributed by atoms with Gasteiger partial charge in [0.15, 0.2) is 0 Å². The monoisotopic (exact) mass is 494 g/mol. The van der Waals surface area contributed by atoms with Gasteiger partial charge in [0.1, 0.15) is 12.3 Å². The van der Waals surface area contributed by atoms with Crippen molar-refractivity contribution >= 4 is 21.6 Å². The minimum absolute atomic E-state index is 0.122. The molecule has 0 aliphatic heterocycles. The van der Waals surface area contributed by atoms with Gasteiger partial charge in [0.2, 0.25) is 5.91 Å². The minimum atomic E-state index is -3.99. The molecule has 6 nitrogen and oxygen atoms in total. The Labute approximate surface area is 209 Å². The number of carbonyl (C=O) groups excluding carboxylic acids is 1. The Morgan fingerprint density at radius 1 is 1.00 bits per heavy atom. The lowest BCUT2D eigenvalue weighted by Crippen LogP contribution is -2.45. The van der Waals surface area contributed by atoms with Crippen molar-refractivity contribution in [3.63, 3.8) is 0 Å². The fourth-order valence-electron chi connectivity index (χ4n) is 4.19. The van der Waals surface area contributed by atoms with Crippen molar-refractivity contribution in [3.05, 3.63) is 90.0 Å². The lowest BCUT2D eigenvalue weighted by molar-refractivity contribution is -0.120. The number of anilines is 1. The van der Waals surface area contributed by atoms with Gasteiger partial charge in [-0.2, -0.15) is 0 Å². The Balaban J connectivity index is 1.83. The smallest absolute Gasteiger partial charge is 0.264 e. The molecule has 1 atom stereocenters. The van der Waals surface area contributed by atoms with E-state index in [1.807, 2.05) is 32.0 Å². The van der Waals surface area contributed by atoms with Gasteiger partial charge in [-0.05, 0) is 55.5 Å². The SMILES string of the molecule is COc1cccc(N(CC(=O)NC(C)CC(C)(C)c2ccccc2)S(=O)(=O)c2ccc(C)cc2)c1. The van der Waals surface area contributed by atoms with E-state index in [-0.39, 0.29) is 28.8 Å². The van der Waals surface area contributed by atoms with Gasteiger partial charge in [-0.3, -0.25) is 9.10 Å². The summed E-state index contributed by atoms with van der Waals surface area (Å²) in [5.41, 5.74) is 2.33. The van der Waals surface area contributed by atoms with Crippen LogP contribution in [0, 0.1) is 6.92 Å². The molecule has 0 saturated carbocycles. The first-order chi connectivity index (χ1) is 16.5. The quantitative estimate of drug-likeness (QED) is 0.427. The van der Waals surface area contributed by atoms with E-state index in [0.29, 0.717) is 17.9 Å². The van der Waals surface area contributed by atoms with Crippen LogP contribution in [0.5, 0.6) is 5.75 Å². The van der Waals surface area contributed by atoms with Crippen LogP contribution in [0.1, 0.15) is 38.3 Å². The normalized spacial score (nSPS) is 12.6. The van der Waals surface area contributed by atoms with E-state index in [2.05, 4.69) is 31.3 Å². The highest BCUT2D eigenvalue weighted by atomic mass is 32.2. The second-order valence-electron chi connectivity index (χ2n) is 9.45. The molecule has 1 amide bonds. The van der Waals surface area contributed by atoms with Gasteiger partial charge in [0, 0.05) is 12.1 Å². The number of nitrogens with one attached hydrogen (secondary N) is 1. The third-order valence-corrected chi connectivity index (χ3v) is 7.80. The summed E-state index contributed by atoms with van der Waals surface area (Å²) in [5.74, 6) is 0.130. The van der Waals surface area contributed by atoms with Crippen LogP contribution < -0.4 is 14.4 Å². The Kier molecular flexibility index (Phi) is 8.22. The second kappa shape index (κ2) is 11.0. The van der Waals surface area contributed by atoms with Gasteiger partial charge >= 0.3 is 0 Å². The number of amides is 1. The maximum atomic E-state index is 13.6. The highest BCUT2D eigenvalue weighted by Gasteiger charge is 2.29. The van der Waals surface area contributed by atoms with Crippen molar-refractivity contribution in [2.75, 3.05) is 18.0 Å². The molecule has 3 aromatic carbocycles. The number of hydrogen-bond acceptors (Lipinski definition) is 4. The topological polar surface area (TPSA) is 75.7 Å². The molecule has 7 heteroatoms. The largest absolute Gasteiger partial charge is 0.497 e. The van der Waals surface area contributed by atoms with Crippen molar-refractivity contribution in [2.24, 2.45) is 0 Å². The molecule has 35 heavy (non-hydrogen) atoms. The molecule has 0 spiro atoms. The zero-order chi connectivity index (χ0) is 25.6. The summed E-state index contributed by atoms with van der Waals surface area (Å²) in [7, 11) is -2.47. The number of hydrogen-bond donors (Lipinski definition) is 1. The molecular formula is C28H34N2O4S. The van der Waals surface area contributed by atoms with Crippen LogP contribution in [0.15, 0.2) is 83.8 Å². The number of aryl methyl sites for hydroxylation is 1. The van der Waals surface area contributed by atoms with E-state index in [9.17, 15) is 13.2 Å². The predicted molar refractivity (Wildman–Crippen MR) is 140 cm³/mol. The van der Waals surface area contributed by atoms with Gasteiger partial charge < -0.3 is 10.1 Å². The molecule has 0 aliphatic carbocycles. The van der Waals surface area contributed by atoms with E-state index in [1.54, 1.807) is 48.5 Å². The van der Waals surface area contributed by atoms with Crippen LogP contribution >= 0.6 is 0 Å². The molecule has 0 saturated heterocycles. The van der Waals surface area contributed by atoms with Gasteiger partial charge in [-0.1, -0.05) is 67.9 Å². The number of carbonyl (C=O) groups is 1. The Morgan fingerprint density at radius 2 is 1.66 bits per heavy atom. The molecule has 0 heterocycles. The average Bonchev–Trinajstić information content (AvgIpc) is 2.83. The number of ether oxygens (including phenoxy) is 1. The molecule has 3 aromatic rings. The van der Waals surface area contributed by atoms with Crippen molar-refractivity contribution in [3.8, 4) is 5.75 Å². The third kappa shape index (κ3) is 6.63. The average molecular weight is 495 g/mol. The fraction of sp³-hybridized carbons (Fsp3) is 0.321. The highest BCUT2D eigenvalue weighted by molar-refractivity contribution is 7.92. The number of methoxy groups -OCH3 is 1. The van der Waals surface area contributed by atoms with E-state index < -0.39 is 10.0 Å². The van der Waals surface area contributed by atoms with Crippen LogP contribution in [0.25, 0.3) is 0 Å². The van der Waals surface area contributed by atoms with Gasteiger partial charge in [0.05, 0.1) is 17.7 Å². The molecule has 0 aliphatic rings. The maximum Gasteiger partial charge on any atom is 0.264 e. The molecule has 1 N–H and O–H groups in total. The molecular weight excluding hydrogens is 460 g/mol. The summed E-state index contributed by atoms with van der Waals surface area (Å²) in [6.07, 6.45) is 0.701. The summed E-state index contributed by atoms with van der Waals surface area (Å²) in [6.45, 7) is 7.75. The predicted octanol–water partition coefficient (Wildman–Crippen LogP) is 5.07. The van der Waals surface area contributed by atoms with Crippen LogP contribution in [-0.2, 0) is 20.2 Å². The van der Waals surface area contributed by atoms with E-state index in [1.165, 1.54) is 12.7 Å². The number of benzene rings is 3. The standard InChI is InChI=1S/C28H34N2O4S/c1-21-14-16-26(17-15-21)35(32,33)30(24-12-9-13-25(18-24)34-5)20-27(31)29-22(2)19-28(3,4)23-10-7-6-8-11-23/h6-18,22H,19-20H2,1-5H3,(H,29,31). The third-order valence-electron chi connectivity index (χ3n) is 6.02. The van der Waals surface area contributed by atoms with Crippen molar-refractivity contribution in [1.29, 1.82) is 0 Å². The number of rotatable bonds is 10. The molecule has 0 bridgehead atoms. The fourth-order valence-corrected chi connectivity index (χ4v) is 5.61. The molecule has 186 valence electrons. The molecule has 1 unspecified atom stereocenters. The zero-order valence-corrected chi connectivity index (χ0v) is 21.8. The summed E-state index contributed by atoms with van der Waals surface area (Å²) < 4.78 is 33.6. The van der Waals surface area contributed by atoms with Gasteiger partial charge in [-0.15, -0.1) is 0 Å². The van der Waals surface area contributed by atoms with Crippen molar-refractivity contribution in [1.82, 2.24) is 5.32 Å². The van der Waals surface area contributed by atoms with Crippen molar-refractivity contribution in [2.45, 2.75) is 50.5 Å². The molecule has 0 aromatic heterocycles. The number of sulfonamides is 1. The summed E-state index contributed by atoms with van der Waals surface area (Å²) in [5, 5.41) is 2.99. The molecule has 0 radical (unpaired) electrons.